The Balaban J connectivity index is 1.76. The van der Waals surface area contributed by atoms with Crippen molar-refractivity contribution in [2.24, 2.45) is 0 Å². The molecule has 0 spiro atoms. The number of ether oxygens (including phenoxy) is 2. The molecule has 0 radical (unpaired) electrons. The lowest BCUT2D eigenvalue weighted by atomic mass is 9.96. The highest BCUT2D eigenvalue weighted by molar-refractivity contribution is 6.31. The lowest BCUT2D eigenvalue weighted by Crippen LogP contribution is -2.29. The molecule has 0 bridgehead atoms. The molecule has 33 heavy (non-hydrogen) atoms. The van der Waals surface area contributed by atoms with Crippen LogP contribution in [-0.2, 0) is 12.0 Å². The predicted octanol–water partition coefficient (Wildman–Crippen LogP) is 4.20. The van der Waals surface area contributed by atoms with Gasteiger partial charge in [-0.1, -0.05) is 23.7 Å². The SMILES string of the molecule is CC(C)(O)c1cc(-c2nc(OCF)nc(OC(=O)NCCc3ccc(F)cc3)n2)ccc1Cl. The second kappa shape index (κ2) is 10.5. The van der Waals surface area contributed by atoms with E-state index < -0.39 is 30.6 Å². The van der Waals surface area contributed by atoms with Gasteiger partial charge in [0.2, 0.25) is 6.86 Å². The maximum absolute atomic E-state index is 13.0. The van der Waals surface area contributed by atoms with Crippen LogP contribution >= 0.6 is 11.6 Å². The number of halogens is 3. The number of nitrogens with zero attached hydrogens (tertiary/aromatic N) is 3. The summed E-state index contributed by atoms with van der Waals surface area (Å²) in [5.41, 5.74) is 0.394. The first-order valence-corrected chi connectivity index (χ1v) is 10.2. The molecule has 1 heterocycles. The third kappa shape index (κ3) is 6.80. The Labute approximate surface area is 193 Å². The molecule has 11 heteroatoms. The Morgan fingerprint density at radius 3 is 2.48 bits per heavy atom. The van der Waals surface area contributed by atoms with Crippen molar-refractivity contribution in [3.63, 3.8) is 0 Å². The zero-order valence-corrected chi connectivity index (χ0v) is 18.6. The lowest BCUT2D eigenvalue weighted by molar-refractivity contribution is 0.0787. The molecule has 2 aromatic carbocycles. The highest BCUT2D eigenvalue weighted by atomic mass is 35.5. The molecule has 0 saturated heterocycles. The Kier molecular flexibility index (Phi) is 7.72. The summed E-state index contributed by atoms with van der Waals surface area (Å²) in [6, 6.07) is 9.75. The van der Waals surface area contributed by atoms with Crippen LogP contribution in [0, 0.1) is 5.82 Å². The molecular weight excluding hydrogens is 458 g/mol. The maximum Gasteiger partial charge on any atom is 0.415 e. The van der Waals surface area contributed by atoms with Gasteiger partial charge in [0, 0.05) is 22.7 Å². The van der Waals surface area contributed by atoms with Crippen LogP contribution in [0.2, 0.25) is 5.02 Å². The third-order valence-electron chi connectivity index (χ3n) is 4.44. The van der Waals surface area contributed by atoms with Gasteiger partial charge in [0.15, 0.2) is 5.82 Å². The summed E-state index contributed by atoms with van der Waals surface area (Å²) in [5.74, 6) is -0.330. The topological polar surface area (TPSA) is 106 Å². The molecule has 0 fully saturated rings. The molecule has 1 amide bonds. The summed E-state index contributed by atoms with van der Waals surface area (Å²) in [5, 5.41) is 13.2. The summed E-state index contributed by atoms with van der Waals surface area (Å²) in [4.78, 5) is 24.0. The Hall–Kier alpha value is -3.37. The molecule has 8 nitrogen and oxygen atoms in total. The number of carbonyl (C=O) groups is 1. The van der Waals surface area contributed by atoms with E-state index in [9.17, 15) is 18.7 Å². The minimum atomic E-state index is -1.25. The minimum Gasteiger partial charge on any atom is -0.431 e. The van der Waals surface area contributed by atoms with Crippen molar-refractivity contribution in [3.8, 4) is 23.4 Å². The number of aromatic nitrogens is 3. The molecule has 0 aliphatic carbocycles. The molecular formula is C22H21ClF2N4O4. The van der Waals surface area contributed by atoms with E-state index in [2.05, 4.69) is 20.3 Å². The van der Waals surface area contributed by atoms with Crippen LogP contribution in [0.3, 0.4) is 0 Å². The fourth-order valence-electron chi connectivity index (χ4n) is 2.84. The molecule has 0 aliphatic rings. The van der Waals surface area contributed by atoms with Crippen molar-refractivity contribution in [2.75, 3.05) is 13.4 Å². The van der Waals surface area contributed by atoms with Crippen LogP contribution < -0.4 is 14.8 Å². The van der Waals surface area contributed by atoms with Crippen LogP contribution in [0.5, 0.6) is 12.0 Å². The number of carbonyl (C=O) groups excluding carboxylic acids is 1. The van der Waals surface area contributed by atoms with Gasteiger partial charge in [0.25, 0.3) is 0 Å². The van der Waals surface area contributed by atoms with E-state index in [0.29, 0.717) is 22.6 Å². The first kappa shape index (κ1) is 24.3. The van der Waals surface area contributed by atoms with Gasteiger partial charge in [-0.2, -0.15) is 9.97 Å². The van der Waals surface area contributed by atoms with Gasteiger partial charge in [0.05, 0.1) is 5.60 Å². The zero-order chi connectivity index (χ0) is 24.0. The predicted molar refractivity (Wildman–Crippen MR) is 116 cm³/mol. The fourth-order valence-corrected chi connectivity index (χ4v) is 3.19. The van der Waals surface area contributed by atoms with Crippen molar-refractivity contribution < 1.29 is 28.2 Å². The van der Waals surface area contributed by atoms with Crippen molar-refractivity contribution in [1.82, 2.24) is 20.3 Å². The number of nitrogens with one attached hydrogen (secondary N) is 1. The van der Waals surface area contributed by atoms with Gasteiger partial charge in [-0.25, -0.2) is 13.6 Å². The highest BCUT2D eigenvalue weighted by Crippen LogP contribution is 2.31. The van der Waals surface area contributed by atoms with Gasteiger partial charge in [-0.3, -0.25) is 0 Å². The first-order chi connectivity index (χ1) is 15.7. The summed E-state index contributed by atoms with van der Waals surface area (Å²) in [6.07, 6.45) is -0.410. The number of benzene rings is 2. The molecule has 2 N–H and O–H groups in total. The zero-order valence-electron chi connectivity index (χ0n) is 17.8. The number of aliphatic hydroxyl groups is 1. The third-order valence-corrected chi connectivity index (χ3v) is 4.77. The molecule has 3 rings (SSSR count). The molecule has 0 atom stereocenters. The second-order valence-electron chi connectivity index (χ2n) is 7.42. The number of rotatable bonds is 8. The molecule has 3 aromatic rings. The fraction of sp³-hybridized carbons (Fsp3) is 0.273. The van der Waals surface area contributed by atoms with Gasteiger partial charge >= 0.3 is 18.1 Å². The van der Waals surface area contributed by atoms with Gasteiger partial charge in [-0.15, -0.1) is 4.98 Å². The van der Waals surface area contributed by atoms with Crippen LogP contribution in [0.1, 0.15) is 25.0 Å². The number of amides is 1. The first-order valence-electron chi connectivity index (χ1n) is 9.83. The smallest absolute Gasteiger partial charge is 0.415 e. The van der Waals surface area contributed by atoms with E-state index in [1.165, 1.54) is 12.1 Å². The van der Waals surface area contributed by atoms with Gasteiger partial charge < -0.3 is 19.9 Å². The van der Waals surface area contributed by atoms with Crippen LogP contribution in [0.15, 0.2) is 42.5 Å². The standard InChI is InChI=1S/C22H21ClF2N4O4/c1-22(2,31)16-11-14(5-8-17(16)23)18-27-19(32-12-24)29-20(28-18)33-21(30)26-10-9-13-3-6-15(25)7-4-13/h3-8,11,31H,9-10,12H2,1-2H3,(H,26,30). The molecule has 174 valence electrons. The largest absolute Gasteiger partial charge is 0.431 e. The summed E-state index contributed by atoms with van der Waals surface area (Å²) >= 11 is 6.17. The molecule has 0 unspecified atom stereocenters. The molecule has 0 saturated carbocycles. The monoisotopic (exact) mass is 478 g/mol. The van der Waals surface area contributed by atoms with E-state index in [-0.39, 0.29) is 18.2 Å². The Morgan fingerprint density at radius 1 is 1.12 bits per heavy atom. The van der Waals surface area contributed by atoms with Crippen molar-refractivity contribution in [3.05, 3.63) is 64.4 Å². The average Bonchev–Trinajstić information content (AvgIpc) is 2.75. The summed E-state index contributed by atoms with van der Waals surface area (Å²) in [7, 11) is 0. The van der Waals surface area contributed by atoms with Crippen molar-refractivity contribution in [1.29, 1.82) is 0 Å². The van der Waals surface area contributed by atoms with Crippen LogP contribution in [-0.4, -0.2) is 39.6 Å². The normalized spacial score (nSPS) is 11.2. The number of hydrogen-bond acceptors (Lipinski definition) is 7. The number of alkyl halides is 1. The summed E-state index contributed by atoms with van der Waals surface area (Å²) < 4.78 is 35.5. The highest BCUT2D eigenvalue weighted by Gasteiger charge is 2.22. The minimum absolute atomic E-state index is 0.0183. The maximum atomic E-state index is 13.0. The van der Waals surface area contributed by atoms with Gasteiger partial charge in [-0.05, 0) is 56.2 Å². The van der Waals surface area contributed by atoms with E-state index in [1.807, 2.05) is 0 Å². The second-order valence-corrected chi connectivity index (χ2v) is 7.83. The van der Waals surface area contributed by atoms with E-state index in [0.717, 1.165) is 5.56 Å². The molecule has 0 aliphatic heterocycles. The molecule has 1 aromatic heterocycles. The van der Waals surface area contributed by atoms with Gasteiger partial charge in [0.1, 0.15) is 5.82 Å². The number of hydrogen-bond donors (Lipinski definition) is 2. The van der Waals surface area contributed by atoms with E-state index in [1.54, 1.807) is 44.2 Å². The Bertz CT molecular complexity index is 1120. The van der Waals surface area contributed by atoms with E-state index >= 15 is 0 Å². The van der Waals surface area contributed by atoms with E-state index in [4.69, 9.17) is 21.1 Å². The Morgan fingerprint density at radius 2 is 1.82 bits per heavy atom. The lowest BCUT2D eigenvalue weighted by Gasteiger charge is -2.20. The average molecular weight is 479 g/mol. The van der Waals surface area contributed by atoms with Crippen molar-refractivity contribution in [2.45, 2.75) is 25.9 Å². The van der Waals surface area contributed by atoms with Crippen LogP contribution in [0.25, 0.3) is 11.4 Å². The van der Waals surface area contributed by atoms with Crippen LogP contribution in [0.4, 0.5) is 13.6 Å². The summed E-state index contributed by atoms with van der Waals surface area (Å²) in [6.45, 7) is 2.13. The quantitative estimate of drug-likeness (QED) is 0.499. The van der Waals surface area contributed by atoms with Crippen molar-refractivity contribution >= 4 is 17.7 Å².